The average molecular weight is 274 g/mol. The normalized spacial score (nSPS) is 21.3. The topological polar surface area (TPSA) is 55.0 Å². The van der Waals surface area contributed by atoms with Gasteiger partial charge in [-0.05, 0) is 18.9 Å². The molecule has 1 saturated heterocycles. The van der Waals surface area contributed by atoms with Crippen LogP contribution >= 0.6 is 0 Å². The van der Waals surface area contributed by atoms with Crippen LogP contribution in [0.2, 0.25) is 0 Å². The molecule has 0 bridgehead atoms. The zero-order valence-corrected chi connectivity index (χ0v) is 10.5. The fourth-order valence-electron chi connectivity index (χ4n) is 2.33. The number of nitrogens with two attached hydrogens (primary N) is 1. The Morgan fingerprint density at radius 1 is 1.32 bits per heavy atom. The van der Waals surface area contributed by atoms with E-state index in [1.54, 1.807) is 0 Å². The van der Waals surface area contributed by atoms with Crippen LogP contribution in [0.5, 0.6) is 0 Å². The minimum Gasteiger partial charge on any atom is -0.337 e. The summed E-state index contributed by atoms with van der Waals surface area (Å²) in [5, 5.41) is 0. The van der Waals surface area contributed by atoms with Gasteiger partial charge in [-0.15, -0.1) is 0 Å². The number of hydrogen-bond acceptors (Lipinski definition) is 4. The monoisotopic (exact) mass is 274 g/mol. The van der Waals surface area contributed by atoms with Gasteiger partial charge in [0.05, 0.1) is 0 Å². The van der Waals surface area contributed by atoms with Gasteiger partial charge >= 0.3 is 6.18 Å². The van der Waals surface area contributed by atoms with Gasteiger partial charge in [0.25, 0.3) is 0 Å². The fourth-order valence-corrected chi connectivity index (χ4v) is 2.33. The Kier molecular flexibility index (Phi) is 4.24. The summed E-state index contributed by atoms with van der Waals surface area (Å²) in [5.41, 5.74) is 4.80. The molecule has 7 heteroatoms. The minimum atomic E-state index is -4.44. The Balaban J connectivity index is 2.28. The number of hydrogen-bond donors (Lipinski definition) is 1. The molecule has 1 atom stereocenters. The highest BCUT2D eigenvalue weighted by atomic mass is 19.4. The first kappa shape index (κ1) is 14.0. The molecule has 0 amide bonds. The molecule has 1 aliphatic rings. The summed E-state index contributed by atoms with van der Waals surface area (Å²) in [4.78, 5) is 9.43. The highest BCUT2D eigenvalue weighted by Gasteiger charge is 2.33. The van der Waals surface area contributed by atoms with E-state index in [4.69, 9.17) is 5.73 Å². The van der Waals surface area contributed by atoms with Crippen LogP contribution in [0.15, 0.2) is 12.3 Å². The molecule has 2 heterocycles. The molecule has 0 aliphatic carbocycles. The van der Waals surface area contributed by atoms with Crippen LogP contribution < -0.4 is 10.6 Å². The van der Waals surface area contributed by atoms with Crippen molar-refractivity contribution in [1.29, 1.82) is 0 Å². The summed E-state index contributed by atoms with van der Waals surface area (Å²) in [7, 11) is 0. The van der Waals surface area contributed by atoms with Gasteiger partial charge in [-0.25, -0.2) is 9.97 Å². The van der Waals surface area contributed by atoms with E-state index >= 15 is 0 Å². The van der Waals surface area contributed by atoms with E-state index in [0.717, 1.165) is 37.9 Å². The molecule has 2 rings (SSSR count). The van der Waals surface area contributed by atoms with E-state index in [1.807, 2.05) is 4.90 Å². The van der Waals surface area contributed by atoms with Crippen LogP contribution in [0.4, 0.5) is 19.1 Å². The summed E-state index contributed by atoms with van der Waals surface area (Å²) < 4.78 is 38.0. The first-order chi connectivity index (χ1) is 9.02. The lowest BCUT2D eigenvalue weighted by molar-refractivity contribution is -0.141. The highest BCUT2D eigenvalue weighted by Crippen LogP contribution is 2.29. The van der Waals surface area contributed by atoms with Gasteiger partial charge in [0.15, 0.2) is 0 Å². The Hall–Kier alpha value is -1.37. The zero-order chi connectivity index (χ0) is 13.9. The third-order valence-corrected chi connectivity index (χ3v) is 3.34. The maximum Gasteiger partial charge on any atom is 0.433 e. The van der Waals surface area contributed by atoms with Gasteiger partial charge in [0, 0.05) is 25.3 Å². The van der Waals surface area contributed by atoms with Crippen molar-refractivity contribution >= 4 is 5.95 Å². The molecule has 1 aliphatic heterocycles. The molecule has 0 saturated carbocycles. The third kappa shape index (κ3) is 3.34. The van der Waals surface area contributed by atoms with E-state index in [2.05, 4.69) is 9.97 Å². The number of alkyl halides is 3. The van der Waals surface area contributed by atoms with E-state index in [0.29, 0.717) is 13.1 Å². The fraction of sp³-hybridized carbons (Fsp3) is 0.667. The Bertz CT molecular complexity index is 422. The second-order valence-electron chi connectivity index (χ2n) is 4.67. The molecule has 106 valence electrons. The lowest BCUT2D eigenvalue weighted by Gasteiger charge is -2.29. The number of anilines is 1. The standard InChI is InChI=1S/C12H17F3N4/c13-12(14,15)10-5-6-17-11(18-10)19-7-3-1-2-4-9(19)8-16/h5-6,9H,1-4,7-8,16H2. The second-order valence-corrected chi connectivity index (χ2v) is 4.67. The molecule has 1 unspecified atom stereocenters. The van der Waals surface area contributed by atoms with E-state index < -0.39 is 11.9 Å². The van der Waals surface area contributed by atoms with Crippen molar-refractivity contribution in [2.45, 2.75) is 37.9 Å². The van der Waals surface area contributed by atoms with Crippen molar-refractivity contribution in [2.24, 2.45) is 5.73 Å². The number of nitrogens with zero attached hydrogens (tertiary/aromatic N) is 3. The first-order valence-corrected chi connectivity index (χ1v) is 6.39. The molecule has 2 N–H and O–H groups in total. The van der Waals surface area contributed by atoms with Crippen molar-refractivity contribution < 1.29 is 13.2 Å². The Morgan fingerprint density at radius 3 is 2.79 bits per heavy atom. The molecule has 0 radical (unpaired) electrons. The predicted octanol–water partition coefficient (Wildman–Crippen LogP) is 2.20. The van der Waals surface area contributed by atoms with Gasteiger partial charge in [-0.2, -0.15) is 13.2 Å². The maximum absolute atomic E-state index is 12.7. The van der Waals surface area contributed by atoms with Gasteiger partial charge < -0.3 is 10.6 Å². The Labute approximate surface area is 109 Å². The Morgan fingerprint density at radius 2 is 2.11 bits per heavy atom. The first-order valence-electron chi connectivity index (χ1n) is 6.39. The van der Waals surface area contributed by atoms with Crippen LogP contribution in [0.3, 0.4) is 0 Å². The van der Waals surface area contributed by atoms with Crippen LogP contribution in [0.1, 0.15) is 31.4 Å². The molecule has 19 heavy (non-hydrogen) atoms. The largest absolute Gasteiger partial charge is 0.433 e. The van der Waals surface area contributed by atoms with Gasteiger partial charge in [0.2, 0.25) is 5.95 Å². The molecule has 0 spiro atoms. The van der Waals surface area contributed by atoms with E-state index in [9.17, 15) is 13.2 Å². The maximum atomic E-state index is 12.7. The quantitative estimate of drug-likeness (QED) is 0.898. The average Bonchev–Trinajstić information content (AvgIpc) is 2.62. The number of halogens is 3. The SMILES string of the molecule is NCC1CCCCCN1c1nccc(C(F)(F)F)n1. The zero-order valence-electron chi connectivity index (χ0n) is 10.5. The van der Waals surface area contributed by atoms with Crippen LogP contribution in [-0.4, -0.2) is 29.1 Å². The lowest BCUT2D eigenvalue weighted by atomic mass is 10.1. The van der Waals surface area contributed by atoms with Crippen LogP contribution in [0.25, 0.3) is 0 Å². The molecule has 1 fully saturated rings. The third-order valence-electron chi connectivity index (χ3n) is 3.34. The number of aromatic nitrogens is 2. The summed E-state index contributed by atoms with van der Waals surface area (Å²) in [6.07, 6.45) is 0.612. The molecule has 1 aromatic heterocycles. The molecule has 0 aromatic carbocycles. The minimum absolute atomic E-state index is 0.0194. The van der Waals surface area contributed by atoms with Crippen molar-refractivity contribution in [2.75, 3.05) is 18.0 Å². The summed E-state index contributed by atoms with van der Waals surface area (Å²) in [6, 6.07) is 0.907. The van der Waals surface area contributed by atoms with Crippen molar-refractivity contribution in [3.05, 3.63) is 18.0 Å². The predicted molar refractivity (Wildman–Crippen MR) is 65.7 cm³/mol. The van der Waals surface area contributed by atoms with Gasteiger partial charge in [-0.1, -0.05) is 12.8 Å². The molecule has 1 aromatic rings. The number of rotatable bonds is 2. The summed E-state index contributed by atoms with van der Waals surface area (Å²) in [5.74, 6) is 0.132. The molecular formula is C12H17F3N4. The summed E-state index contributed by atoms with van der Waals surface area (Å²) >= 11 is 0. The smallest absolute Gasteiger partial charge is 0.337 e. The van der Waals surface area contributed by atoms with Crippen molar-refractivity contribution in [3.63, 3.8) is 0 Å². The molecular weight excluding hydrogens is 257 g/mol. The second kappa shape index (κ2) is 5.73. The van der Waals surface area contributed by atoms with Gasteiger partial charge in [0.1, 0.15) is 5.69 Å². The summed E-state index contributed by atoms with van der Waals surface area (Å²) in [6.45, 7) is 1.06. The molecule has 4 nitrogen and oxygen atoms in total. The lowest BCUT2D eigenvalue weighted by Crippen LogP contribution is -2.41. The highest BCUT2D eigenvalue weighted by molar-refractivity contribution is 5.33. The van der Waals surface area contributed by atoms with Crippen molar-refractivity contribution in [3.8, 4) is 0 Å². The van der Waals surface area contributed by atoms with E-state index in [1.165, 1.54) is 0 Å². The van der Waals surface area contributed by atoms with Crippen LogP contribution in [0, 0.1) is 0 Å². The van der Waals surface area contributed by atoms with E-state index in [-0.39, 0.29) is 12.0 Å². The van der Waals surface area contributed by atoms with Crippen molar-refractivity contribution in [1.82, 2.24) is 9.97 Å². The van der Waals surface area contributed by atoms with Crippen LogP contribution in [-0.2, 0) is 6.18 Å². The van der Waals surface area contributed by atoms with Gasteiger partial charge in [-0.3, -0.25) is 0 Å².